The fourth-order valence-electron chi connectivity index (χ4n) is 1.72. The van der Waals surface area contributed by atoms with Crippen LogP contribution in [0.15, 0.2) is 47.5 Å². The van der Waals surface area contributed by atoms with Crippen LogP contribution in [-0.2, 0) is 14.8 Å². The third-order valence-corrected chi connectivity index (χ3v) is 3.64. The fraction of sp³-hybridized carbons (Fsp3) is 0.0769. The van der Waals surface area contributed by atoms with Gasteiger partial charge in [-0.3, -0.25) is 4.79 Å². The van der Waals surface area contributed by atoms with E-state index >= 15 is 0 Å². The lowest BCUT2D eigenvalue weighted by Crippen LogP contribution is -2.21. The van der Waals surface area contributed by atoms with E-state index < -0.39 is 33.3 Å². The van der Waals surface area contributed by atoms with E-state index in [9.17, 15) is 23.3 Å². The molecule has 126 valence electrons. The molecule has 0 bridgehead atoms. The van der Waals surface area contributed by atoms with Crippen molar-refractivity contribution in [2.24, 2.45) is 5.14 Å². The van der Waals surface area contributed by atoms with Gasteiger partial charge in [-0.05, 0) is 40.2 Å². The van der Waals surface area contributed by atoms with Crippen molar-refractivity contribution < 1.29 is 22.9 Å². The van der Waals surface area contributed by atoms with Crippen LogP contribution >= 0.6 is 0 Å². The van der Waals surface area contributed by atoms with E-state index in [-0.39, 0.29) is 16.3 Å². The van der Waals surface area contributed by atoms with Gasteiger partial charge in [-0.15, -0.1) is 0 Å². The van der Waals surface area contributed by atoms with Gasteiger partial charge in [0.2, 0.25) is 15.8 Å². The first-order valence-electron chi connectivity index (χ1n) is 6.42. The van der Waals surface area contributed by atoms with Gasteiger partial charge in [0.15, 0.2) is 6.61 Å². The second-order valence-electron chi connectivity index (χ2n) is 4.49. The average molecular weight is 352 g/mol. The third-order valence-electron chi connectivity index (χ3n) is 2.73. The van der Waals surface area contributed by atoms with E-state index in [0.717, 1.165) is 0 Å². The number of benzene rings is 1. The lowest BCUT2D eigenvalue weighted by Gasteiger charge is -2.08. The molecule has 0 atom stereocenters. The minimum atomic E-state index is -3.90. The number of carbonyl (C=O) groups is 1. The van der Waals surface area contributed by atoms with Crippen molar-refractivity contribution in [3.63, 3.8) is 0 Å². The zero-order valence-electron chi connectivity index (χ0n) is 12.1. The van der Waals surface area contributed by atoms with E-state index in [4.69, 9.17) is 9.88 Å². The van der Waals surface area contributed by atoms with Gasteiger partial charge >= 0.3 is 5.82 Å². The number of nitrogens with zero attached hydrogens (tertiary/aromatic N) is 2. The predicted octanol–water partition coefficient (Wildman–Crippen LogP) is 0.655. The Morgan fingerprint density at radius 3 is 2.75 bits per heavy atom. The summed E-state index contributed by atoms with van der Waals surface area (Å²) in [4.78, 5) is 25.2. The molecule has 0 saturated heterocycles. The maximum absolute atomic E-state index is 11.8. The van der Waals surface area contributed by atoms with Crippen LogP contribution in [0.25, 0.3) is 0 Å². The molecule has 2 aromatic rings. The molecule has 1 heterocycles. The van der Waals surface area contributed by atoms with Crippen LogP contribution in [0.3, 0.4) is 0 Å². The van der Waals surface area contributed by atoms with Gasteiger partial charge in [0.05, 0.1) is 4.90 Å². The van der Waals surface area contributed by atoms with Crippen molar-refractivity contribution in [1.82, 2.24) is 4.98 Å². The summed E-state index contributed by atoms with van der Waals surface area (Å²) < 4.78 is 27.6. The van der Waals surface area contributed by atoms with E-state index in [2.05, 4.69) is 10.3 Å². The number of ether oxygens (including phenoxy) is 1. The quantitative estimate of drug-likeness (QED) is 0.571. The second kappa shape index (κ2) is 7.02. The summed E-state index contributed by atoms with van der Waals surface area (Å²) in [6.07, 6.45) is 1.23. The van der Waals surface area contributed by atoms with Crippen LogP contribution in [0.2, 0.25) is 0 Å². The maximum atomic E-state index is 11.8. The van der Waals surface area contributed by atoms with Crippen LogP contribution < -0.4 is 15.2 Å². The predicted molar refractivity (Wildman–Crippen MR) is 82.8 cm³/mol. The number of nitro groups is 1. The van der Waals surface area contributed by atoms with Crippen LogP contribution in [0.5, 0.6) is 5.75 Å². The van der Waals surface area contributed by atoms with E-state index in [0.29, 0.717) is 0 Å². The van der Waals surface area contributed by atoms with Crippen molar-refractivity contribution in [2.45, 2.75) is 4.90 Å². The number of nitrogens with one attached hydrogen (secondary N) is 1. The summed E-state index contributed by atoms with van der Waals surface area (Å²) >= 11 is 0. The number of primary sulfonamides is 1. The van der Waals surface area contributed by atoms with Gasteiger partial charge in [-0.2, -0.15) is 0 Å². The van der Waals surface area contributed by atoms with Crippen LogP contribution in [0, 0.1) is 10.1 Å². The van der Waals surface area contributed by atoms with Gasteiger partial charge in [0.25, 0.3) is 5.91 Å². The molecule has 0 aliphatic heterocycles. The Labute approximate surface area is 136 Å². The number of nitrogens with two attached hydrogens (primary N) is 1. The number of carbonyl (C=O) groups excluding carboxylic acids is 1. The highest BCUT2D eigenvalue weighted by atomic mass is 32.2. The molecule has 1 aromatic heterocycles. The SMILES string of the molecule is NS(=O)(=O)c1cccc(NC(=O)COc2cccnc2[N+](=O)[O-])c1. The molecule has 3 N–H and O–H groups in total. The molecule has 0 aliphatic carbocycles. The zero-order valence-corrected chi connectivity index (χ0v) is 12.9. The van der Waals surface area contributed by atoms with Crippen molar-refractivity contribution >= 4 is 27.4 Å². The lowest BCUT2D eigenvalue weighted by atomic mass is 10.3. The number of anilines is 1. The van der Waals surface area contributed by atoms with E-state index in [1.165, 1.54) is 42.6 Å². The number of rotatable bonds is 6. The second-order valence-corrected chi connectivity index (χ2v) is 6.05. The maximum Gasteiger partial charge on any atom is 0.406 e. The topological polar surface area (TPSA) is 155 Å². The largest absolute Gasteiger partial charge is 0.476 e. The first kappa shape index (κ1) is 17.3. The third kappa shape index (κ3) is 4.47. The molecule has 10 nitrogen and oxygen atoms in total. The molecule has 24 heavy (non-hydrogen) atoms. The van der Waals surface area contributed by atoms with Gasteiger partial charge in [0, 0.05) is 5.69 Å². The molecular formula is C13H12N4O6S. The summed E-state index contributed by atoms with van der Waals surface area (Å²) in [6.45, 7) is -0.522. The minimum absolute atomic E-state index is 0.157. The summed E-state index contributed by atoms with van der Waals surface area (Å²) in [6, 6.07) is 8.05. The molecule has 11 heteroatoms. The Hall–Kier alpha value is -3.05. The Balaban J connectivity index is 2.04. The monoisotopic (exact) mass is 352 g/mol. The number of hydrogen-bond acceptors (Lipinski definition) is 7. The molecule has 2 rings (SSSR count). The van der Waals surface area contributed by atoms with E-state index in [1.807, 2.05) is 0 Å². The number of amides is 1. The Kier molecular flexibility index (Phi) is 5.06. The number of sulfonamides is 1. The highest BCUT2D eigenvalue weighted by molar-refractivity contribution is 7.89. The van der Waals surface area contributed by atoms with Crippen molar-refractivity contribution in [2.75, 3.05) is 11.9 Å². The van der Waals surface area contributed by atoms with Crippen molar-refractivity contribution in [3.05, 3.63) is 52.7 Å². The first-order chi connectivity index (χ1) is 11.3. The van der Waals surface area contributed by atoms with Crippen LogP contribution in [-0.4, -0.2) is 30.8 Å². The number of pyridine rings is 1. The average Bonchev–Trinajstić information content (AvgIpc) is 2.52. The summed E-state index contributed by atoms with van der Waals surface area (Å²) in [7, 11) is -3.90. The Morgan fingerprint density at radius 1 is 1.33 bits per heavy atom. The van der Waals surface area contributed by atoms with Gasteiger partial charge in [-0.1, -0.05) is 6.07 Å². The summed E-state index contributed by atoms with van der Waals surface area (Å²) in [5.41, 5.74) is 0.191. The zero-order chi connectivity index (χ0) is 17.7. The highest BCUT2D eigenvalue weighted by Crippen LogP contribution is 2.22. The normalized spacial score (nSPS) is 10.9. The first-order valence-corrected chi connectivity index (χ1v) is 7.97. The number of hydrogen-bond donors (Lipinski definition) is 2. The molecule has 1 amide bonds. The molecule has 0 aliphatic rings. The standard InChI is InChI=1S/C13H12N4O6S/c14-24(21,22)10-4-1-3-9(7-10)16-12(18)8-23-11-5-2-6-15-13(11)17(19)20/h1-7H,8H2,(H,16,18)(H2,14,21,22). The fourth-order valence-corrected chi connectivity index (χ4v) is 2.28. The van der Waals surface area contributed by atoms with Gasteiger partial charge in [-0.25, -0.2) is 13.6 Å². The summed E-state index contributed by atoms with van der Waals surface area (Å²) in [5.74, 6) is -1.31. The molecule has 0 spiro atoms. The Bertz CT molecular complexity index is 884. The molecule has 0 fully saturated rings. The van der Waals surface area contributed by atoms with Gasteiger partial charge in [0.1, 0.15) is 6.20 Å². The smallest absolute Gasteiger partial charge is 0.406 e. The molecular weight excluding hydrogens is 340 g/mol. The van der Waals surface area contributed by atoms with Crippen molar-refractivity contribution in [3.8, 4) is 5.75 Å². The molecule has 0 unspecified atom stereocenters. The van der Waals surface area contributed by atoms with Crippen LogP contribution in [0.4, 0.5) is 11.5 Å². The molecule has 0 saturated carbocycles. The number of aromatic nitrogens is 1. The molecule has 0 radical (unpaired) electrons. The van der Waals surface area contributed by atoms with Gasteiger partial charge < -0.3 is 20.2 Å². The molecule has 1 aromatic carbocycles. The Morgan fingerprint density at radius 2 is 2.08 bits per heavy atom. The lowest BCUT2D eigenvalue weighted by molar-refractivity contribution is -0.390. The van der Waals surface area contributed by atoms with E-state index in [1.54, 1.807) is 0 Å². The highest BCUT2D eigenvalue weighted by Gasteiger charge is 2.17. The van der Waals surface area contributed by atoms with Crippen molar-refractivity contribution in [1.29, 1.82) is 0 Å². The summed E-state index contributed by atoms with van der Waals surface area (Å²) in [5, 5.41) is 18.2. The minimum Gasteiger partial charge on any atom is -0.476 e. The van der Waals surface area contributed by atoms with Crippen LogP contribution in [0.1, 0.15) is 0 Å².